The number of hydrogen-bond donors (Lipinski definition) is 3. The summed E-state index contributed by atoms with van der Waals surface area (Å²) in [5.74, 6) is -0.141. The third kappa shape index (κ3) is 3.07. The Morgan fingerprint density at radius 2 is 1.94 bits per heavy atom. The smallest absolute Gasteiger partial charge is 0.277 e. The molecule has 4 heterocycles. The van der Waals surface area contributed by atoms with Gasteiger partial charge < -0.3 is 10.3 Å². The van der Waals surface area contributed by atoms with Crippen LogP contribution in [-0.4, -0.2) is 24.7 Å². The van der Waals surface area contributed by atoms with Crippen LogP contribution in [0.5, 0.6) is 0 Å². The van der Waals surface area contributed by atoms with Crippen LogP contribution < -0.4 is 16.4 Å². The van der Waals surface area contributed by atoms with E-state index in [0.29, 0.717) is 27.9 Å². The molecular weight excluding hydrogens is 399 g/mol. The normalized spacial score (nSPS) is 11.3. The van der Waals surface area contributed by atoms with Crippen molar-refractivity contribution < 1.29 is 4.39 Å². The summed E-state index contributed by atoms with van der Waals surface area (Å²) in [5, 5.41) is 6.23. The number of nitrogens with one attached hydrogen (secondary N) is 3. The largest absolute Gasteiger partial charge is 0.339 e. The summed E-state index contributed by atoms with van der Waals surface area (Å²) in [5.41, 5.74) is 1.86. The predicted octanol–water partition coefficient (Wildman–Crippen LogP) is 3.36. The highest BCUT2D eigenvalue weighted by Gasteiger charge is 2.18. The number of rotatable bonds is 3. The summed E-state index contributed by atoms with van der Waals surface area (Å²) in [4.78, 5) is 36.3. The predicted molar refractivity (Wildman–Crippen MR) is 117 cm³/mol. The van der Waals surface area contributed by atoms with E-state index in [4.69, 9.17) is 0 Å². The number of anilines is 2. The van der Waals surface area contributed by atoms with Crippen molar-refractivity contribution in [1.82, 2.24) is 24.7 Å². The molecule has 9 heteroatoms. The van der Waals surface area contributed by atoms with E-state index in [9.17, 15) is 9.59 Å². The van der Waals surface area contributed by atoms with E-state index in [0.717, 1.165) is 5.56 Å². The quantitative estimate of drug-likeness (QED) is 0.418. The lowest BCUT2D eigenvalue weighted by Gasteiger charge is -2.12. The minimum Gasteiger partial charge on any atom is -0.339 e. The third-order valence-corrected chi connectivity index (χ3v) is 5.13. The van der Waals surface area contributed by atoms with E-state index in [1.807, 2.05) is 13.0 Å². The Hall–Kier alpha value is -4.27. The highest BCUT2D eigenvalue weighted by molar-refractivity contribution is 5.95. The van der Waals surface area contributed by atoms with E-state index >= 15 is 4.39 Å². The minimum absolute atomic E-state index is 0.0393. The molecule has 154 valence electrons. The van der Waals surface area contributed by atoms with E-state index in [1.165, 1.54) is 17.9 Å². The van der Waals surface area contributed by atoms with Crippen molar-refractivity contribution in [2.24, 2.45) is 7.05 Å². The van der Waals surface area contributed by atoms with Crippen LogP contribution in [-0.2, 0) is 7.05 Å². The fourth-order valence-corrected chi connectivity index (χ4v) is 3.58. The van der Waals surface area contributed by atoms with Crippen molar-refractivity contribution in [1.29, 1.82) is 0 Å². The average Bonchev–Trinajstić information content (AvgIpc) is 3.04. The number of fused-ring (bicyclic) bond motifs is 2. The topological polar surface area (TPSA) is 108 Å². The maximum absolute atomic E-state index is 15.3. The first-order valence-electron chi connectivity index (χ1n) is 9.52. The lowest BCUT2D eigenvalue weighted by Crippen LogP contribution is -2.12. The third-order valence-electron chi connectivity index (χ3n) is 5.13. The van der Waals surface area contributed by atoms with Gasteiger partial charge in [-0.05, 0) is 42.8 Å². The van der Waals surface area contributed by atoms with Gasteiger partial charge in [-0.25, -0.2) is 14.4 Å². The first-order valence-corrected chi connectivity index (χ1v) is 9.52. The Kier molecular flexibility index (Phi) is 4.18. The van der Waals surface area contributed by atoms with Crippen LogP contribution in [0.1, 0.15) is 5.56 Å². The molecule has 0 unspecified atom stereocenters. The molecule has 0 amide bonds. The van der Waals surface area contributed by atoms with Gasteiger partial charge >= 0.3 is 0 Å². The molecular formula is C22H17FN6O2. The van der Waals surface area contributed by atoms with Crippen molar-refractivity contribution in [3.8, 4) is 11.3 Å². The molecule has 0 saturated heterocycles. The van der Waals surface area contributed by atoms with Gasteiger partial charge in [-0.15, -0.1) is 0 Å². The molecule has 0 saturated carbocycles. The van der Waals surface area contributed by atoms with Crippen molar-refractivity contribution in [3.05, 3.63) is 80.9 Å². The number of nitrogens with zero attached hydrogens (tertiary/aromatic N) is 3. The number of halogens is 1. The second kappa shape index (κ2) is 6.91. The number of pyridine rings is 3. The molecule has 0 bridgehead atoms. The Labute approximate surface area is 174 Å². The highest BCUT2D eigenvalue weighted by Crippen LogP contribution is 2.31. The van der Waals surface area contributed by atoms with Gasteiger partial charge in [0.2, 0.25) is 0 Å². The molecule has 0 atom stereocenters. The molecule has 0 fully saturated rings. The average molecular weight is 416 g/mol. The van der Waals surface area contributed by atoms with Crippen LogP contribution in [0.2, 0.25) is 0 Å². The summed E-state index contributed by atoms with van der Waals surface area (Å²) < 4.78 is 16.6. The van der Waals surface area contributed by atoms with Gasteiger partial charge in [0.1, 0.15) is 17.0 Å². The number of aromatic amines is 2. The van der Waals surface area contributed by atoms with Crippen LogP contribution in [0.25, 0.3) is 33.1 Å². The van der Waals surface area contributed by atoms with Crippen LogP contribution in [0.4, 0.5) is 15.9 Å². The van der Waals surface area contributed by atoms with Gasteiger partial charge in [-0.3, -0.25) is 19.4 Å². The standard InChI is InChI=1S/C22H17FN6O2/c1-11-3-6-17(25-10-11)27-16-9-15(26-13-7-8-24-21(30)18(13)16)12-4-5-14-19(20(12)23)22(31)29(2)28-14/h3-10,28H,1-2H3,(H,24,30)(H,25,26,27). The second-order valence-electron chi connectivity index (χ2n) is 7.29. The van der Waals surface area contributed by atoms with E-state index in [2.05, 4.69) is 25.4 Å². The first-order chi connectivity index (χ1) is 14.9. The number of benzene rings is 1. The molecule has 8 nitrogen and oxygen atoms in total. The molecule has 0 aliphatic heterocycles. The molecule has 1 aromatic carbocycles. The van der Waals surface area contributed by atoms with Crippen molar-refractivity contribution >= 4 is 33.3 Å². The number of hydrogen-bond acceptors (Lipinski definition) is 5. The minimum atomic E-state index is -0.671. The zero-order valence-corrected chi connectivity index (χ0v) is 16.7. The van der Waals surface area contributed by atoms with Crippen molar-refractivity contribution in [3.63, 3.8) is 0 Å². The molecule has 4 aromatic heterocycles. The summed E-state index contributed by atoms with van der Waals surface area (Å²) in [6.07, 6.45) is 3.18. The maximum Gasteiger partial charge on any atom is 0.277 e. The Morgan fingerprint density at radius 3 is 2.71 bits per heavy atom. The van der Waals surface area contributed by atoms with Gasteiger partial charge in [0.05, 0.1) is 27.8 Å². The van der Waals surface area contributed by atoms with E-state index < -0.39 is 11.4 Å². The van der Waals surface area contributed by atoms with Crippen LogP contribution in [0.15, 0.2) is 58.4 Å². The van der Waals surface area contributed by atoms with Crippen molar-refractivity contribution in [2.75, 3.05) is 5.32 Å². The maximum atomic E-state index is 15.3. The van der Waals surface area contributed by atoms with Gasteiger partial charge in [0.15, 0.2) is 0 Å². The Bertz CT molecular complexity index is 1580. The summed E-state index contributed by atoms with van der Waals surface area (Å²) in [6.45, 7) is 1.92. The number of H-pyrrole nitrogens is 2. The molecule has 5 aromatic rings. The molecule has 3 N–H and O–H groups in total. The molecule has 0 radical (unpaired) electrons. The van der Waals surface area contributed by atoms with Crippen LogP contribution >= 0.6 is 0 Å². The SMILES string of the molecule is Cc1ccc(Nc2cc(-c3ccc4[nH]n(C)c(=O)c4c3F)nc3cc[nH]c(=O)c23)nc1. The highest BCUT2D eigenvalue weighted by atomic mass is 19.1. The number of aromatic nitrogens is 5. The van der Waals surface area contributed by atoms with Crippen molar-refractivity contribution in [2.45, 2.75) is 6.92 Å². The van der Waals surface area contributed by atoms with Gasteiger partial charge in [-0.2, -0.15) is 0 Å². The zero-order chi connectivity index (χ0) is 21.7. The van der Waals surface area contributed by atoms with Crippen LogP contribution in [0, 0.1) is 12.7 Å². The molecule has 0 spiro atoms. The lowest BCUT2D eigenvalue weighted by molar-refractivity contribution is 0.641. The molecule has 0 aliphatic rings. The second-order valence-corrected chi connectivity index (χ2v) is 7.29. The van der Waals surface area contributed by atoms with Gasteiger partial charge in [0.25, 0.3) is 11.1 Å². The van der Waals surface area contributed by atoms with Gasteiger partial charge in [0, 0.05) is 25.0 Å². The summed E-state index contributed by atoms with van der Waals surface area (Å²) >= 11 is 0. The fraction of sp³-hybridized carbons (Fsp3) is 0.0909. The molecule has 31 heavy (non-hydrogen) atoms. The Balaban J connectivity index is 1.75. The zero-order valence-electron chi connectivity index (χ0n) is 16.7. The molecule has 5 rings (SSSR count). The first kappa shape index (κ1) is 18.7. The fourth-order valence-electron chi connectivity index (χ4n) is 3.58. The van der Waals surface area contributed by atoms with E-state index in [-0.39, 0.29) is 22.2 Å². The lowest BCUT2D eigenvalue weighted by atomic mass is 10.1. The molecule has 0 aliphatic carbocycles. The van der Waals surface area contributed by atoms with Gasteiger partial charge in [-0.1, -0.05) is 6.07 Å². The summed E-state index contributed by atoms with van der Waals surface area (Å²) in [6, 6.07) is 10.1. The monoisotopic (exact) mass is 416 g/mol. The number of aryl methyl sites for hydroxylation is 2. The summed E-state index contributed by atoms with van der Waals surface area (Å²) in [7, 11) is 1.53. The Morgan fingerprint density at radius 1 is 1.10 bits per heavy atom. The van der Waals surface area contributed by atoms with Crippen LogP contribution in [0.3, 0.4) is 0 Å². The van der Waals surface area contributed by atoms with E-state index in [1.54, 1.807) is 36.5 Å².